The van der Waals surface area contributed by atoms with Crippen LogP contribution in [-0.4, -0.2) is 13.2 Å². The second-order valence-corrected chi connectivity index (χ2v) is 3.00. The van der Waals surface area contributed by atoms with Crippen molar-refractivity contribution in [3.63, 3.8) is 0 Å². The van der Waals surface area contributed by atoms with Crippen LogP contribution in [-0.2, 0) is 4.74 Å². The molecule has 14 heavy (non-hydrogen) atoms. The molecule has 2 heteroatoms. The highest BCUT2D eigenvalue weighted by Crippen LogP contribution is 2.10. The van der Waals surface area contributed by atoms with E-state index in [0.717, 1.165) is 5.75 Å². The van der Waals surface area contributed by atoms with E-state index in [1.807, 2.05) is 37.3 Å². The van der Waals surface area contributed by atoms with Crippen molar-refractivity contribution in [3.8, 4) is 5.75 Å². The van der Waals surface area contributed by atoms with Gasteiger partial charge in [-0.05, 0) is 26.0 Å². The molecule has 76 valence electrons. The SMILES string of the molecule is CC=COCCOc1ccc(C)cc1. The normalized spacial score (nSPS) is 10.4. The lowest BCUT2D eigenvalue weighted by Crippen LogP contribution is -2.03. The minimum absolute atomic E-state index is 0.577. The molecule has 0 spiro atoms. The number of aryl methyl sites for hydroxylation is 1. The van der Waals surface area contributed by atoms with Gasteiger partial charge in [-0.3, -0.25) is 0 Å². The zero-order valence-corrected chi connectivity index (χ0v) is 8.69. The lowest BCUT2D eigenvalue weighted by atomic mass is 10.2. The van der Waals surface area contributed by atoms with Gasteiger partial charge in [0.2, 0.25) is 0 Å². The van der Waals surface area contributed by atoms with E-state index in [0.29, 0.717) is 13.2 Å². The predicted molar refractivity (Wildman–Crippen MR) is 57.4 cm³/mol. The van der Waals surface area contributed by atoms with Crippen molar-refractivity contribution in [2.75, 3.05) is 13.2 Å². The predicted octanol–water partition coefficient (Wildman–Crippen LogP) is 2.92. The van der Waals surface area contributed by atoms with E-state index >= 15 is 0 Å². The number of rotatable bonds is 5. The molecule has 0 atom stereocenters. The van der Waals surface area contributed by atoms with Crippen molar-refractivity contribution < 1.29 is 9.47 Å². The molecule has 0 bridgehead atoms. The van der Waals surface area contributed by atoms with Crippen LogP contribution >= 0.6 is 0 Å². The van der Waals surface area contributed by atoms with E-state index in [4.69, 9.17) is 9.47 Å². The summed E-state index contributed by atoms with van der Waals surface area (Å²) in [5.41, 5.74) is 1.24. The van der Waals surface area contributed by atoms with E-state index in [2.05, 4.69) is 6.92 Å². The Kier molecular flexibility index (Phi) is 4.62. The zero-order chi connectivity index (χ0) is 10.2. The Hall–Kier alpha value is -1.44. The van der Waals surface area contributed by atoms with Gasteiger partial charge in [-0.15, -0.1) is 0 Å². The first-order valence-corrected chi connectivity index (χ1v) is 4.75. The summed E-state index contributed by atoms with van der Waals surface area (Å²) in [6, 6.07) is 7.99. The molecule has 1 aromatic carbocycles. The quantitative estimate of drug-likeness (QED) is 0.527. The summed E-state index contributed by atoms with van der Waals surface area (Å²) in [6.07, 6.45) is 3.52. The summed E-state index contributed by atoms with van der Waals surface area (Å²) in [5, 5.41) is 0. The third-order valence-corrected chi connectivity index (χ3v) is 1.72. The van der Waals surface area contributed by atoms with E-state index in [1.165, 1.54) is 5.56 Å². The van der Waals surface area contributed by atoms with E-state index in [-0.39, 0.29) is 0 Å². The molecule has 1 aromatic rings. The molecule has 0 saturated heterocycles. The lowest BCUT2D eigenvalue weighted by Gasteiger charge is -2.05. The third kappa shape index (κ3) is 3.99. The van der Waals surface area contributed by atoms with Crippen molar-refractivity contribution in [1.29, 1.82) is 0 Å². The smallest absolute Gasteiger partial charge is 0.122 e. The second-order valence-electron chi connectivity index (χ2n) is 3.00. The first kappa shape index (κ1) is 10.6. The Morgan fingerprint density at radius 3 is 2.50 bits per heavy atom. The maximum absolute atomic E-state index is 5.45. The first-order chi connectivity index (χ1) is 6.83. The summed E-state index contributed by atoms with van der Waals surface area (Å²) < 4.78 is 10.6. The van der Waals surface area contributed by atoms with Crippen molar-refractivity contribution >= 4 is 0 Å². The Labute approximate surface area is 85.2 Å². The van der Waals surface area contributed by atoms with Gasteiger partial charge in [0.05, 0.1) is 6.26 Å². The highest BCUT2D eigenvalue weighted by atomic mass is 16.5. The van der Waals surface area contributed by atoms with Crippen LogP contribution in [0.2, 0.25) is 0 Å². The van der Waals surface area contributed by atoms with E-state index in [9.17, 15) is 0 Å². The number of hydrogen-bond acceptors (Lipinski definition) is 2. The van der Waals surface area contributed by atoms with Gasteiger partial charge in [-0.25, -0.2) is 0 Å². The van der Waals surface area contributed by atoms with Gasteiger partial charge in [0.25, 0.3) is 0 Å². The summed E-state index contributed by atoms with van der Waals surface area (Å²) in [5.74, 6) is 0.889. The fourth-order valence-electron chi connectivity index (χ4n) is 1.01. The molecule has 2 nitrogen and oxygen atoms in total. The Balaban J connectivity index is 2.21. The Bertz CT molecular complexity index is 275. The van der Waals surface area contributed by atoms with Crippen molar-refractivity contribution in [1.82, 2.24) is 0 Å². The molecule has 0 aliphatic heterocycles. The Morgan fingerprint density at radius 1 is 1.14 bits per heavy atom. The first-order valence-electron chi connectivity index (χ1n) is 4.75. The molecule has 0 fully saturated rings. The molecule has 0 aliphatic rings. The van der Waals surface area contributed by atoms with Gasteiger partial charge in [0, 0.05) is 0 Å². The number of benzene rings is 1. The summed E-state index contributed by atoms with van der Waals surface area (Å²) in [4.78, 5) is 0. The molecular formula is C12H16O2. The average Bonchev–Trinajstić information content (AvgIpc) is 2.21. The fraction of sp³-hybridized carbons (Fsp3) is 0.333. The highest BCUT2D eigenvalue weighted by molar-refractivity contribution is 5.26. The molecule has 0 radical (unpaired) electrons. The molecule has 1 rings (SSSR count). The van der Waals surface area contributed by atoms with Gasteiger partial charge in [-0.1, -0.05) is 23.8 Å². The largest absolute Gasteiger partial charge is 0.498 e. The van der Waals surface area contributed by atoms with Gasteiger partial charge in [-0.2, -0.15) is 0 Å². The van der Waals surface area contributed by atoms with Gasteiger partial charge in [0.15, 0.2) is 0 Å². The van der Waals surface area contributed by atoms with Crippen LogP contribution in [0.1, 0.15) is 12.5 Å². The Morgan fingerprint density at radius 2 is 1.86 bits per heavy atom. The second kappa shape index (κ2) is 6.08. The molecule has 0 saturated carbocycles. The van der Waals surface area contributed by atoms with E-state index < -0.39 is 0 Å². The van der Waals surface area contributed by atoms with E-state index in [1.54, 1.807) is 6.26 Å². The lowest BCUT2D eigenvalue weighted by molar-refractivity contribution is 0.179. The minimum atomic E-state index is 0.577. The van der Waals surface area contributed by atoms with Crippen LogP contribution in [0, 0.1) is 6.92 Å². The van der Waals surface area contributed by atoms with Gasteiger partial charge >= 0.3 is 0 Å². The van der Waals surface area contributed by atoms with Gasteiger partial charge in [0.1, 0.15) is 19.0 Å². The molecule has 0 unspecified atom stereocenters. The van der Waals surface area contributed by atoms with Crippen molar-refractivity contribution in [3.05, 3.63) is 42.2 Å². The summed E-state index contributed by atoms with van der Waals surface area (Å²) >= 11 is 0. The fourth-order valence-corrected chi connectivity index (χ4v) is 1.01. The summed E-state index contributed by atoms with van der Waals surface area (Å²) in [7, 11) is 0. The highest BCUT2D eigenvalue weighted by Gasteiger charge is 1.91. The van der Waals surface area contributed by atoms with Crippen LogP contribution < -0.4 is 4.74 Å². The van der Waals surface area contributed by atoms with Crippen LogP contribution in [0.3, 0.4) is 0 Å². The molecule has 0 N–H and O–H groups in total. The monoisotopic (exact) mass is 192 g/mol. The van der Waals surface area contributed by atoms with Crippen molar-refractivity contribution in [2.24, 2.45) is 0 Å². The summed E-state index contributed by atoms with van der Waals surface area (Å²) in [6.45, 7) is 5.13. The third-order valence-electron chi connectivity index (χ3n) is 1.72. The molecule has 0 heterocycles. The number of ether oxygens (including phenoxy) is 2. The van der Waals surface area contributed by atoms with Crippen LogP contribution in [0.4, 0.5) is 0 Å². The average molecular weight is 192 g/mol. The van der Waals surface area contributed by atoms with Crippen molar-refractivity contribution in [2.45, 2.75) is 13.8 Å². The topological polar surface area (TPSA) is 18.5 Å². The maximum atomic E-state index is 5.45. The van der Waals surface area contributed by atoms with Gasteiger partial charge < -0.3 is 9.47 Å². The van der Waals surface area contributed by atoms with Crippen LogP contribution in [0.15, 0.2) is 36.6 Å². The number of hydrogen-bond donors (Lipinski definition) is 0. The van der Waals surface area contributed by atoms with Crippen LogP contribution in [0.5, 0.6) is 5.75 Å². The number of allylic oxidation sites excluding steroid dienone is 1. The molecule has 0 aliphatic carbocycles. The maximum Gasteiger partial charge on any atom is 0.122 e. The molecular weight excluding hydrogens is 176 g/mol. The van der Waals surface area contributed by atoms with Crippen LogP contribution in [0.25, 0.3) is 0 Å². The zero-order valence-electron chi connectivity index (χ0n) is 8.69. The molecule has 0 aromatic heterocycles. The standard InChI is InChI=1S/C12H16O2/c1-3-8-13-9-10-14-12-6-4-11(2)5-7-12/h3-8H,9-10H2,1-2H3. The molecule has 0 amide bonds. The minimum Gasteiger partial charge on any atom is -0.498 e.